The Bertz CT molecular complexity index is 554. The van der Waals surface area contributed by atoms with Gasteiger partial charge in [0.05, 0.1) is 5.25 Å². The van der Waals surface area contributed by atoms with Crippen molar-refractivity contribution in [3.63, 3.8) is 0 Å². The first-order valence-electron chi connectivity index (χ1n) is 8.15. The Morgan fingerprint density at radius 3 is 2.91 bits per heavy atom. The number of aromatic amines is 1. The summed E-state index contributed by atoms with van der Waals surface area (Å²) in [5.41, 5.74) is -0.210. The molecule has 1 heterocycles. The SMILES string of the molecule is CCCn1c(S[C@@H](C)C(=O)N[C@H]2CCCC[C@@H]2C)n[nH]c1=O. The fourth-order valence-corrected chi connectivity index (χ4v) is 3.75. The third-order valence-corrected chi connectivity index (χ3v) is 5.35. The number of thioether (sulfide) groups is 1. The molecule has 2 rings (SSSR count). The molecule has 6 nitrogen and oxygen atoms in total. The average Bonchev–Trinajstić information content (AvgIpc) is 2.83. The normalized spacial score (nSPS) is 23.2. The van der Waals surface area contributed by atoms with Gasteiger partial charge < -0.3 is 5.32 Å². The molecule has 1 fully saturated rings. The lowest BCUT2D eigenvalue weighted by Crippen LogP contribution is -2.44. The second-order valence-corrected chi connectivity index (χ2v) is 7.41. The number of carbonyl (C=O) groups excluding carboxylic acids is 1. The van der Waals surface area contributed by atoms with Crippen LogP contribution in [0, 0.1) is 5.92 Å². The lowest BCUT2D eigenvalue weighted by atomic mass is 9.86. The quantitative estimate of drug-likeness (QED) is 0.785. The minimum absolute atomic E-state index is 0.0299. The molecule has 0 saturated heterocycles. The molecule has 1 aromatic rings. The monoisotopic (exact) mass is 326 g/mol. The van der Waals surface area contributed by atoms with Crippen molar-refractivity contribution in [2.45, 2.75) is 75.9 Å². The minimum Gasteiger partial charge on any atom is -0.352 e. The van der Waals surface area contributed by atoms with E-state index in [1.807, 2.05) is 13.8 Å². The fourth-order valence-electron chi connectivity index (χ4n) is 2.86. The zero-order chi connectivity index (χ0) is 16.1. The molecule has 0 aliphatic heterocycles. The Labute approximate surface area is 135 Å². The third-order valence-electron chi connectivity index (χ3n) is 4.26. The van der Waals surface area contributed by atoms with E-state index in [2.05, 4.69) is 22.4 Å². The molecule has 0 radical (unpaired) electrons. The van der Waals surface area contributed by atoms with Gasteiger partial charge in [-0.15, -0.1) is 5.10 Å². The summed E-state index contributed by atoms with van der Waals surface area (Å²) in [4.78, 5) is 24.1. The highest BCUT2D eigenvalue weighted by Gasteiger charge is 2.26. The molecule has 124 valence electrons. The Balaban J connectivity index is 1.95. The molecule has 0 bridgehead atoms. The molecule has 0 spiro atoms. The van der Waals surface area contributed by atoms with Gasteiger partial charge in [0.1, 0.15) is 0 Å². The largest absolute Gasteiger partial charge is 0.352 e. The molecule has 1 aliphatic carbocycles. The lowest BCUT2D eigenvalue weighted by Gasteiger charge is -2.30. The summed E-state index contributed by atoms with van der Waals surface area (Å²) in [6.45, 7) is 6.69. The Morgan fingerprint density at radius 1 is 1.50 bits per heavy atom. The van der Waals surface area contributed by atoms with Crippen molar-refractivity contribution in [2.75, 3.05) is 0 Å². The maximum absolute atomic E-state index is 12.4. The van der Waals surface area contributed by atoms with Gasteiger partial charge in [0, 0.05) is 12.6 Å². The van der Waals surface area contributed by atoms with E-state index in [0.29, 0.717) is 17.6 Å². The number of rotatable bonds is 6. The summed E-state index contributed by atoms with van der Waals surface area (Å²) < 4.78 is 1.59. The van der Waals surface area contributed by atoms with Crippen LogP contribution < -0.4 is 11.0 Å². The van der Waals surface area contributed by atoms with E-state index in [9.17, 15) is 9.59 Å². The van der Waals surface area contributed by atoms with Crippen LogP contribution in [0.1, 0.15) is 52.9 Å². The van der Waals surface area contributed by atoms with Crippen molar-refractivity contribution in [1.29, 1.82) is 0 Å². The van der Waals surface area contributed by atoms with Crippen molar-refractivity contribution >= 4 is 17.7 Å². The topological polar surface area (TPSA) is 79.8 Å². The van der Waals surface area contributed by atoms with Crippen LogP contribution in [-0.2, 0) is 11.3 Å². The van der Waals surface area contributed by atoms with Crippen LogP contribution in [0.25, 0.3) is 0 Å². The van der Waals surface area contributed by atoms with Crippen molar-refractivity contribution in [3.8, 4) is 0 Å². The van der Waals surface area contributed by atoms with Gasteiger partial charge in [-0.2, -0.15) is 0 Å². The highest BCUT2D eigenvalue weighted by atomic mass is 32.2. The van der Waals surface area contributed by atoms with E-state index in [4.69, 9.17) is 0 Å². The fraction of sp³-hybridized carbons (Fsp3) is 0.800. The third kappa shape index (κ3) is 4.15. The van der Waals surface area contributed by atoms with Crippen LogP contribution in [-0.4, -0.2) is 32.0 Å². The molecule has 0 aromatic carbocycles. The molecule has 2 N–H and O–H groups in total. The lowest BCUT2D eigenvalue weighted by molar-refractivity contribution is -0.121. The number of aromatic nitrogens is 3. The summed E-state index contributed by atoms with van der Waals surface area (Å²) in [5, 5.41) is 9.97. The van der Waals surface area contributed by atoms with Gasteiger partial charge in [0.15, 0.2) is 5.16 Å². The summed E-state index contributed by atoms with van der Waals surface area (Å²) in [6.07, 6.45) is 5.54. The zero-order valence-electron chi connectivity index (χ0n) is 13.6. The van der Waals surface area contributed by atoms with Gasteiger partial charge in [-0.05, 0) is 32.1 Å². The number of carbonyl (C=O) groups is 1. The van der Waals surface area contributed by atoms with E-state index in [1.54, 1.807) is 4.57 Å². The summed E-state index contributed by atoms with van der Waals surface area (Å²) in [6, 6.07) is 0.279. The molecule has 1 aliphatic rings. The molecular formula is C15H26N4O2S. The van der Waals surface area contributed by atoms with Gasteiger partial charge in [0.2, 0.25) is 5.91 Å². The highest BCUT2D eigenvalue weighted by Crippen LogP contribution is 2.25. The van der Waals surface area contributed by atoms with Crippen molar-refractivity contribution in [3.05, 3.63) is 10.5 Å². The standard InChI is InChI=1S/C15H26N4O2S/c1-4-9-19-14(21)17-18-15(19)22-11(3)13(20)16-12-8-6-5-7-10(12)2/h10-12H,4-9H2,1-3H3,(H,16,20)(H,17,21)/t10-,11-,12-/m0/s1. The smallest absolute Gasteiger partial charge is 0.343 e. The van der Waals surface area contributed by atoms with Crippen LogP contribution in [0.5, 0.6) is 0 Å². The van der Waals surface area contributed by atoms with E-state index in [0.717, 1.165) is 12.8 Å². The number of amides is 1. The number of nitrogens with one attached hydrogen (secondary N) is 2. The predicted octanol–water partition coefficient (Wildman–Crippen LogP) is 2.16. The van der Waals surface area contributed by atoms with E-state index in [1.165, 1.54) is 31.0 Å². The van der Waals surface area contributed by atoms with Crippen LogP contribution >= 0.6 is 11.8 Å². The molecule has 3 atom stereocenters. The predicted molar refractivity (Wildman–Crippen MR) is 88.0 cm³/mol. The summed E-state index contributed by atoms with van der Waals surface area (Å²) in [7, 11) is 0. The Morgan fingerprint density at radius 2 is 2.23 bits per heavy atom. The van der Waals surface area contributed by atoms with E-state index < -0.39 is 0 Å². The maximum atomic E-state index is 12.4. The van der Waals surface area contributed by atoms with Crippen LogP contribution in [0.2, 0.25) is 0 Å². The molecule has 1 amide bonds. The molecular weight excluding hydrogens is 300 g/mol. The summed E-state index contributed by atoms with van der Waals surface area (Å²) in [5.74, 6) is 0.570. The minimum atomic E-state index is -0.264. The zero-order valence-corrected chi connectivity index (χ0v) is 14.4. The van der Waals surface area contributed by atoms with Gasteiger partial charge in [-0.1, -0.05) is 38.5 Å². The summed E-state index contributed by atoms with van der Waals surface area (Å²) >= 11 is 1.34. The molecule has 1 aromatic heterocycles. The number of hydrogen-bond donors (Lipinski definition) is 2. The highest BCUT2D eigenvalue weighted by molar-refractivity contribution is 8.00. The van der Waals surface area contributed by atoms with E-state index >= 15 is 0 Å². The number of hydrogen-bond acceptors (Lipinski definition) is 4. The second kappa shape index (κ2) is 7.85. The molecule has 0 unspecified atom stereocenters. The van der Waals surface area contributed by atoms with Crippen LogP contribution in [0.4, 0.5) is 0 Å². The number of H-pyrrole nitrogens is 1. The maximum Gasteiger partial charge on any atom is 0.343 e. The first-order valence-corrected chi connectivity index (χ1v) is 9.03. The van der Waals surface area contributed by atoms with Gasteiger partial charge in [-0.25, -0.2) is 9.89 Å². The number of nitrogens with zero attached hydrogens (tertiary/aromatic N) is 2. The van der Waals surface area contributed by atoms with E-state index in [-0.39, 0.29) is 22.9 Å². The average molecular weight is 326 g/mol. The second-order valence-electron chi connectivity index (χ2n) is 6.10. The van der Waals surface area contributed by atoms with Gasteiger partial charge in [-0.3, -0.25) is 9.36 Å². The molecule has 7 heteroatoms. The van der Waals surface area contributed by atoms with Crippen molar-refractivity contribution in [2.24, 2.45) is 5.92 Å². The van der Waals surface area contributed by atoms with Crippen LogP contribution in [0.15, 0.2) is 9.95 Å². The van der Waals surface area contributed by atoms with Crippen molar-refractivity contribution in [1.82, 2.24) is 20.1 Å². The first kappa shape index (κ1) is 17.1. The van der Waals surface area contributed by atoms with Crippen LogP contribution in [0.3, 0.4) is 0 Å². The molecule has 22 heavy (non-hydrogen) atoms. The Kier molecular flexibility index (Phi) is 6.11. The Hall–Kier alpha value is -1.24. The van der Waals surface area contributed by atoms with Crippen molar-refractivity contribution < 1.29 is 4.79 Å². The van der Waals surface area contributed by atoms with Gasteiger partial charge >= 0.3 is 5.69 Å². The molecule has 1 saturated carbocycles. The van der Waals surface area contributed by atoms with Gasteiger partial charge in [0.25, 0.3) is 0 Å². The first-order chi connectivity index (χ1) is 10.5.